The van der Waals surface area contributed by atoms with Crippen LogP contribution in [0.4, 0.5) is 0 Å². The molecule has 0 bridgehead atoms. The van der Waals surface area contributed by atoms with Crippen molar-refractivity contribution >= 4 is 28.1 Å². The summed E-state index contributed by atoms with van der Waals surface area (Å²) in [6, 6.07) is 21.0. The van der Waals surface area contributed by atoms with E-state index in [1.54, 1.807) is 19.2 Å². The van der Waals surface area contributed by atoms with E-state index < -0.39 is 0 Å². The maximum atomic E-state index is 12.0. The fourth-order valence-electron chi connectivity index (χ4n) is 2.75. The maximum absolute atomic E-state index is 12.0. The van der Waals surface area contributed by atoms with Crippen molar-refractivity contribution in [2.45, 2.75) is 13.5 Å². The number of rotatable bonds is 9. The monoisotopic (exact) mass is 482 g/mol. The summed E-state index contributed by atoms with van der Waals surface area (Å²) in [4.78, 5) is 12.0. The van der Waals surface area contributed by atoms with Crippen molar-refractivity contribution in [2.24, 2.45) is 5.10 Å². The summed E-state index contributed by atoms with van der Waals surface area (Å²) in [7, 11) is 1.57. The molecular formula is C24H23BrN2O4. The molecule has 31 heavy (non-hydrogen) atoms. The topological polar surface area (TPSA) is 69.2 Å². The lowest BCUT2D eigenvalue weighted by Gasteiger charge is -2.13. The van der Waals surface area contributed by atoms with Crippen molar-refractivity contribution in [3.8, 4) is 17.2 Å². The normalized spacial score (nSPS) is 10.7. The zero-order valence-corrected chi connectivity index (χ0v) is 18.9. The van der Waals surface area contributed by atoms with E-state index in [2.05, 4.69) is 26.5 Å². The fourth-order valence-corrected chi connectivity index (χ4v) is 3.32. The van der Waals surface area contributed by atoms with Gasteiger partial charge in [0.15, 0.2) is 18.1 Å². The number of aryl methyl sites for hydroxylation is 1. The average molecular weight is 483 g/mol. The number of ether oxygens (including phenoxy) is 3. The number of hydrogen-bond donors (Lipinski definition) is 1. The Kier molecular flexibility index (Phi) is 8.06. The molecule has 0 radical (unpaired) electrons. The van der Waals surface area contributed by atoms with E-state index in [1.165, 1.54) is 6.21 Å². The molecule has 0 aliphatic heterocycles. The first-order valence-electron chi connectivity index (χ1n) is 9.61. The lowest BCUT2D eigenvalue weighted by molar-refractivity contribution is -0.123. The van der Waals surface area contributed by atoms with E-state index in [0.717, 1.165) is 21.2 Å². The van der Waals surface area contributed by atoms with E-state index in [9.17, 15) is 4.79 Å². The highest BCUT2D eigenvalue weighted by Crippen LogP contribution is 2.36. The highest BCUT2D eigenvalue weighted by Gasteiger charge is 2.11. The molecule has 3 aromatic rings. The molecule has 0 saturated heterocycles. The summed E-state index contributed by atoms with van der Waals surface area (Å²) in [6.45, 7) is 2.25. The third-order valence-corrected chi connectivity index (χ3v) is 4.83. The highest BCUT2D eigenvalue weighted by atomic mass is 79.9. The van der Waals surface area contributed by atoms with Crippen molar-refractivity contribution in [1.29, 1.82) is 0 Å². The van der Waals surface area contributed by atoms with Gasteiger partial charge in [-0.1, -0.05) is 42.5 Å². The molecule has 1 N–H and O–H groups in total. The van der Waals surface area contributed by atoms with Crippen LogP contribution >= 0.6 is 15.9 Å². The Hall–Kier alpha value is -3.32. The summed E-state index contributed by atoms with van der Waals surface area (Å²) in [5.74, 6) is 1.44. The molecule has 0 unspecified atom stereocenters. The number of benzene rings is 3. The van der Waals surface area contributed by atoms with Gasteiger partial charge in [0.1, 0.15) is 12.4 Å². The van der Waals surface area contributed by atoms with Crippen LogP contribution in [-0.2, 0) is 11.4 Å². The third-order valence-electron chi connectivity index (χ3n) is 4.24. The molecule has 0 aliphatic rings. The lowest BCUT2D eigenvalue weighted by Crippen LogP contribution is -2.24. The van der Waals surface area contributed by atoms with Crippen molar-refractivity contribution in [2.75, 3.05) is 13.7 Å². The van der Waals surface area contributed by atoms with Gasteiger partial charge in [0.25, 0.3) is 5.91 Å². The number of nitrogens with one attached hydrogen (secondary N) is 1. The second kappa shape index (κ2) is 11.2. The first-order chi connectivity index (χ1) is 15.0. The van der Waals surface area contributed by atoms with Crippen LogP contribution in [0.3, 0.4) is 0 Å². The molecule has 0 aromatic heterocycles. The van der Waals surface area contributed by atoms with Crippen molar-refractivity contribution in [1.82, 2.24) is 5.43 Å². The summed E-state index contributed by atoms with van der Waals surface area (Å²) >= 11 is 3.52. The molecule has 0 saturated carbocycles. The van der Waals surface area contributed by atoms with E-state index >= 15 is 0 Å². The van der Waals surface area contributed by atoms with Crippen LogP contribution in [0.25, 0.3) is 0 Å². The van der Waals surface area contributed by atoms with Crippen molar-refractivity contribution in [3.05, 3.63) is 87.9 Å². The van der Waals surface area contributed by atoms with Crippen molar-refractivity contribution in [3.63, 3.8) is 0 Å². The van der Waals surface area contributed by atoms with Gasteiger partial charge in [-0.25, -0.2) is 5.43 Å². The van der Waals surface area contributed by atoms with E-state index in [1.807, 2.05) is 61.5 Å². The SMILES string of the molecule is COc1cc(/C=N/NC(=O)COc2cccc(C)c2)cc(Br)c1OCc1ccccc1. The number of carbonyl (C=O) groups is 1. The minimum atomic E-state index is -0.355. The summed E-state index contributed by atoms with van der Waals surface area (Å²) in [5.41, 5.74) is 5.30. The number of nitrogens with zero attached hydrogens (tertiary/aromatic N) is 1. The van der Waals surface area contributed by atoms with Gasteiger partial charge in [0, 0.05) is 0 Å². The zero-order chi connectivity index (χ0) is 22.1. The Morgan fingerprint density at radius 3 is 2.61 bits per heavy atom. The highest BCUT2D eigenvalue weighted by molar-refractivity contribution is 9.10. The molecule has 7 heteroatoms. The van der Waals surface area contributed by atoms with Gasteiger partial charge in [-0.15, -0.1) is 0 Å². The Bertz CT molecular complexity index is 1050. The molecule has 6 nitrogen and oxygen atoms in total. The van der Waals surface area contributed by atoms with Gasteiger partial charge in [0.2, 0.25) is 0 Å². The van der Waals surface area contributed by atoms with Crippen LogP contribution in [0.15, 0.2) is 76.3 Å². The number of halogens is 1. The van der Waals surface area contributed by atoms with Gasteiger partial charge < -0.3 is 14.2 Å². The van der Waals surface area contributed by atoms with Gasteiger partial charge in [0.05, 0.1) is 17.8 Å². The largest absolute Gasteiger partial charge is 0.493 e. The van der Waals surface area contributed by atoms with Crippen molar-refractivity contribution < 1.29 is 19.0 Å². The summed E-state index contributed by atoms with van der Waals surface area (Å²) in [5, 5.41) is 3.99. The second-order valence-electron chi connectivity index (χ2n) is 6.71. The van der Waals surface area contributed by atoms with Gasteiger partial charge >= 0.3 is 0 Å². The maximum Gasteiger partial charge on any atom is 0.277 e. The minimum Gasteiger partial charge on any atom is -0.493 e. The number of amides is 1. The first kappa shape index (κ1) is 22.4. The summed E-state index contributed by atoms with van der Waals surface area (Å²) < 4.78 is 17.6. The number of carbonyl (C=O) groups excluding carboxylic acids is 1. The van der Waals surface area contributed by atoms with Crippen LogP contribution in [0.5, 0.6) is 17.2 Å². The smallest absolute Gasteiger partial charge is 0.277 e. The number of hydrogen-bond acceptors (Lipinski definition) is 5. The quantitative estimate of drug-likeness (QED) is 0.348. The van der Waals surface area contributed by atoms with E-state index in [4.69, 9.17) is 14.2 Å². The Balaban J connectivity index is 1.57. The molecular weight excluding hydrogens is 460 g/mol. The molecule has 3 aromatic carbocycles. The summed E-state index contributed by atoms with van der Waals surface area (Å²) in [6.07, 6.45) is 1.53. The van der Waals surface area contributed by atoms with Crippen LogP contribution in [-0.4, -0.2) is 25.8 Å². The molecule has 0 heterocycles. The van der Waals surface area contributed by atoms with Crippen LogP contribution < -0.4 is 19.6 Å². The average Bonchev–Trinajstić information content (AvgIpc) is 2.77. The Morgan fingerprint density at radius 1 is 1.06 bits per heavy atom. The zero-order valence-electron chi connectivity index (χ0n) is 17.3. The minimum absolute atomic E-state index is 0.125. The van der Waals surface area contributed by atoms with Gasteiger partial charge in [-0.2, -0.15) is 5.10 Å². The number of methoxy groups -OCH3 is 1. The van der Waals surface area contributed by atoms with E-state index in [-0.39, 0.29) is 12.5 Å². The van der Waals surface area contributed by atoms with E-state index in [0.29, 0.717) is 23.9 Å². The molecule has 160 valence electrons. The second-order valence-corrected chi connectivity index (χ2v) is 7.56. The molecule has 1 amide bonds. The van der Waals surface area contributed by atoms with Crippen LogP contribution in [0, 0.1) is 6.92 Å². The predicted octanol–water partition coefficient (Wildman–Crippen LogP) is 4.87. The fraction of sp³-hybridized carbons (Fsp3) is 0.167. The predicted molar refractivity (Wildman–Crippen MR) is 124 cm³/mol. The molecule has 3 rings (SSSR count). The molecule has 0 spiro atoms. The molecule has 0 aliphatic carbocycles. The van der Waals surface area contributed by atoms with Crippen LogP contribution in [0.1, 0.15) is 16.7 Å². The molecule has 0 fully saturated rings. The van der Waals surface area contributed by atoms with Gasteiger partial charge in [-0.3, -0.25) is 4.79 Å². The Morgan fingerprint density at radius 2 is 1.87 bits per heavy atom. The molecule has 0 atom stereocenters. The Labute approximate surface area is 190 Å². The standard InChI is InChI=1S/C24H23BrN2O4/c1-17-7-6-10-20(11-17)30-16-23(28)27-26-14-19-12-21(25)24(22(13-19)29-2)31-15-18-8-4-3-5-9-18/h3-14H,15-16H2,1-2H3,(H,27,28)/b26-14+. The first-order valence-corrected chi connectivity index (χ1v) is 10.4. The van der Waals surface area contributed by atoms with Crippen LogP contribution in [0.2, 0.25) is 0 Å². The van der Waals surface area contributed by atoms with Gasteiger partial charge in [-0.05, 0) is 63.8 Å². The lowest BCUT2D eigenvalue weighted by atomic mass is 10.2. The third kappa shape index (κ3) is 6.86. The number of hydrazone groups is 1.